The van der Waals surface area contributed by atoms with Crippen LogP contribution in [0.15, 0.2) is 0 Å². The Morgan fingerprint density at radius 1 is 0.364 bits per heavy atom. The Balaban J connectivity index is 0. The summed E-state index contributed by atoms with van der Waals surface area (Å²) >= 11 is 0. The zero-order chi connectivity index (χ0) is 23.2. The van der Waals surface area contributed by atoms with Gasteiger partial charge in [-0.1, -0.05) is 168 Å². The van der Waals surface area contributed by atoms with Gasteiger partial charge in [0.25, 0.3) is 0 Å². The summed E-state index contributed by atoms with van der Waals surface area (Å²) in [5.41, 5.74) is 3.16. The summed E-state index contributed by atoms with van der Waals surface area (Å²) < 4.78 is 0. The molecule has 0 fully saturated rings. The molecule has 202 valence electrons. The summed E-state index contributed by atoms with van der Waals surface area (Å²) in [6.45, 7) is 6.50. The first kappa shape index (κ1) is 35.4. The van der Waals surface area contributed by atoms with Crippen LogP contribution in [0.5, 0.6) is 0 Å². The largest absolute Gasteiger partial charge is 0.302 e. The van der Waals surface area contributed by atoms with E-state index in [1.807, 2.05) is 0 Å². The molecule has 0 aliphatic carbocycles. The molecule has 33 heavy (non-hydrogen) atoms. The number of hydrogen-bond acceptors (Lipinski definition) is 2. The third-order valence-electron chi connectivity index (χ3n) is 6.83. The topological polar surface area (TPSA) is 21.3 Å². The van der Waals surface area contributed by atoms with Crippen molar-refractivity contribution in [1.82, 2.24) is 5.48 Å². The average Bonchev–Trinajstić information content (AvgIpc) is 2.81. The van der Waals surface area contributed by atoms with Gasteiger partial charge in [-0.05, 0) is 12.8 Å². The van der Waals surface area contributed by atoms with Crippen LogP contribution in [-0.4, -0.2) is 13.2 Å². The fourth-order valence-corrected chi connectivity index (χ4v) is 4.55. The summed E-state index contributed by atoms with van der Waals surface area (Å²) in [5.74, 6) is 0. The molecule has 0 amide bonds. The summed E-state index contributed by atoms with van der Waals surface area (Å²) in [6, 6.07) is 0. The van der Waals surface area contributed by atoms with Crippen molar-refractivity contribution in [2.75, 3.05) is 13.2 Å². The second-order valence-electron chi connectivity index (χ2n) is 10.2. The molecule has 0 saturated carbocycles. The molecule has 0 rings (SSSR count). The Hall–Kier alpha value is 0.210. The summed E-state index contributed by atoms with van der Waals surface area (Å²) in [6.07, 6.45) is 36.8. The lowest BCUT2D eigenvalue weighted by Gasteiger charge is -2.06. The van der Waals surface area contributed by atoms with Gasteiger partial charge in [0.2, 0.25) is 0 Å². The van der Waals surface area contributed by atoms with Crippen molar-refractivity contribution in [3.05, 3.63) is 0 Å². The van der Waals surface area contributed by atoms with E-state index in [9.17, 15) is 0 Å². The first-order valence-corrected chi connectivity index (χ1v) is 15.3. The van der Waals surface area contributed by atoms with E-state index in [1.54, 1.807) is 0 Å². The van der Waals surface area contributed by atoms with Crippen molar-refractivity contribution in [2.45, 2.75) is 181 Å². The van der Waals surface area contributed by atoms with Crippen LogP contribution >= 0.6 is 12.4 Å². The maximum absolute atomic E-state index is 5.59. The molecule has 0 atom stereocenters. The standard InChI is InChI=1S/C30H63NO.ClH/c1-3-5-7-9-11-13-15-16-17-18-19-20-22-24-26-28-30-32-31-29-27-25-23-21-14-12-10-8-6-4-2;/h31H,3-30H2,1-2H3;1H. The van der Waals surface area contributed by atoms with Crippen LogP contribution in [-0.2, 0) is 4.84 Å². The minimum atomic E-state index is 0. The Morgan fingerprint density at radius 3 is 0.970 bits per heavy atom. The smallest absolute Gasteiger partial charge is 0.0682 e. The fraction of sp³-hybridized carbons (Fsp3) is 1.00. The molecule has 0 radical (unpaired) electrons. The summed E-state index contributed by atoms with van der Waals surface area (Å²) in [5, 5.41) is 0. The van der Waals surface area contributed by atoms with Gasteiger partial charge in [0.15, 0.2) is 0 Å². The number of hydroxylamine groups is 1. The molecule has 0 aromatic carbocycles. The fourth-order valence-electron chi connectivity index (χ4n) is 4.55. The van der Waals surface area contributed by atoms with Gasteiger partial charge in [-0.25, -0.2) is 5.48 Å². The van der Waals surface area contributed by atoms with E-state index in [-0.39, 0.29) is 12.4 Å². The first-order chi connectivity index (χ1) is 15.9. The Labute approximate surface area is 216 Å². The van der Waals surface area contributed by atoms with E-state index in [0.717, 1.165) is 13.2 Å². The van der Waals surface area contributed by atoms with Crippen LogP contribution in [0.1, 0.15) is 181 Å². The minimum absolute atomic E-state index is 0. The highest BCUT2D eigenvalue weighted by atomic mass is 35.5. The molecule has 0 bridgehead atoms. The normalized spacial score (nSPS) is 11.1. The lowest BCUT2D eigenvalue weighted by molar-refractivity contribution is 0.0376. The molecule has 0 heterocycles. The van der Waals surface area contributed by atoms with Gasteiger partial charge in [0.1, 0.15) is 0 Å². The zero-order valence-electron chi connectivity index (χ0n) is 23.1. The third-order valence-corrected chi connectivity index (χ3v) is 6.83. The highest BCUT2D eigenvalue weighted by molar-refractivity contribution is 5.85. The molecule has 0 saturated heterocycles. The van der Waals surface area contributed by atoms with Crippen molar-refractivity contribution in [3.63, 3.8) is 0 Å². The van der Waals surface area contributed by atoms with Gasteiger partial charge in [0.05, 0.1) is 6.61 Å². The van der Waals surface area contributed by atoms with Gasteiger partial charge in [-0.3, -0.25) is 0 Å². The van der Waals surface area contributed by atoms with Gasteiger partial charge >= 0.3 is 0 Å². The predicted octanol–water partition coefficient (Wildman–Crippen LogP) is 11.1. The molecule has 0 aliphatic rings. The van der Waals surface area contributed by atoms with Gasteiger partial charge in [-0.15, -0.1) is 12.4 Å². The zero-order valence-corrected chi connectivity index (χ0v) is 23.9. The van der Waals surface area contributed by atoms with Crippen LogP contribution < -0.4 is 5.48 Å². The first-order valence-electron chi connectivity index (χ1n) is 15.3. The maximum atomic E-state index is 5.59. The maximum Gasteiger partial charge on any atom is 0.0682 e. The van der Waals surface area contributed by atoms with Gasteiger partial charge in [0, 0.05) is 6.54 Å². The summed E-state index contributed by atoms with van der Waals surface area (Å²) in [7, 11) is 0. The highest BCUT2D eigenvalue weighted by Crippen LogP contribution is 2.14. The van der Waals surface area contributed by atoms with Crippen LogP contribution in [0.2, 0.25) is 0 Å². The van der Waals surface area contributed by atoms with Gasteiger partial charge in [-0.2, -0.15) is 0 Å². The number of rotatable bonds is 29. The molecule has 2 nitrogen and oxygen atoms in total. The van der Waals surface area contributed by atoms with Crippen molar-refractivity contribution < 1.29 is 4.84 Å². The number of unbranched alkanes of at least 4 members (excludes halogenated alkanes) is 24. The lowest BCUT2D eigenvalue weighted by Crippen LogP contribution is -2.16. The van der Waals surface area contributed by atoms with E-state index >= 15 is 0 Å². The van der Waals surface area contributed by atoms with Crippen molar-refractivity contribution in [3.8, 4) is 0 Å². The quantitative estimate of drug-likeness (QED) is 0.0832. The highest BCUT2D eigenvalue weighted by Gasteiger charge is 1.96. The molecule has 1 N–H and O–H groups in total. The second kappa shape index (κ2) is 34.4. The van der Waals surface area contributed by atoms with Crippen molar-refractivity contribution in [1.29, 1.82) is 0 Å². The van der Waals surface area contributed by atoms with E-state index < -0.39 is 0 Å². The molecule has 0 spiro atoms. The Morgan fingerprint density at radius 2 is 0.636 bits per heavy atom. The predicted molar refractivity (Wildman–Crippen MR) is 153 cm³/mol. The SMILES string of the molecule is CCCCCCCCCCCCCCCCCCONCCCCCCCCCCCC.Cl. The van der Waals surface area contributed by atoms with E-state index in [0.29, 0.717) is 0 Å². The molecular formula is C30H64ClNO. The number of halogens is 1. The molecule has 0 aliphatic heterocycles. The average molecular weight is 490 g/mol. The van der Waals surface area contributed by atoms with Crippen LogP contribution in [0.25, 0.3) is 0 Å². The van der Waals surface area contributed by atoms with Crippen molar-refractivity contribution >= 4 is 12.4 Å². The Bertz CT molecular complexity index is 284. The Kier molecular flexibility index (Phi) is 36.8. The third kappa shape index (κ3) is 34.5. The van der Waals surface area contributed by atoms with E-state index in [1.165, 1.54) is 167 Å². The molecule has 0 aromatic rings. The molecule has 0 unspecified atom stereocenters. The van der Waals surface area contributed by atoms with Crippen molar-refractivity contribution in [2.24, 2.45) is 0 Å². The van der Waals surface area contributed by atoms with E-state index in [4.69, 9.17) is 4.84 Å². The monoisotopic (exact) mass is 489 g/mol. The second-order valence-corrected chi connectivity index (χ2v) is 10.2. The minimum Gasteiger partial charge on any atom is -0.302 e. The van der Waals surface area contributed by atoms with Crippen LogP contribution in [0.3, 0.4) is 0 Å². The summed E-state index contributed by atoms with van der Waals surface area (Å²) in [4.78, 5) is 5.59. The molecular weight excluding hydrogens is 426 g/mol. The van der Waals surface area contributed by atoms with Gasteiger partial charge < -0.3 is 4.84 Å². The van der Waals surface area contributed by atoms with Crippen LogP contribution in [0.4, 0.5) is 0 Å². The van der Waals surface area contributed by atoms with Crippen LogP contribution in [0, 0.1) is 0 Å². The lowest BCUT2D eigenvalue weighted by atomic mass is 10.0. The molecule has 0 aromatic heterocycles. The molecule has 3 heteroatoms. The number of nitrogens with one attached hydrogen (secondary N) is 1. The van der Waals surface area contributed by atoms with E-state index in [2.05, 4.69) is 19.3 Å². The number of hydrogen-bond donors (Lipinski definition) is 1.